The molecule has 7 rings (SSSR count). The molecule has 1 saturated carbocycles. The van der Waals surface area contributed by atoms with Crippen LogP contribution in [0.1, 0.15) is 112 Å². The summed E-state index contributed by atoms with van der Waals surface area (Å²) in [6.45, 7) is 0.765. The summed E-state index contributed by atoms with van der Waals surface area (Å²) in [4.78, 5) is 13.3. The molecule has 4 heteroatoms. The van der Waals surface area contributed by atoms with Gasteiger partial charge in [0, 0.05) is 5.41 Å². The Morgan fingerprint density at radius 3 is 2.33 bits per heavy atom. The van der Waals surface area contributed by atoms with Crippen molar-refractivity contribution in [3.8, 4) is 5.75 Å². The molecule has 0 aromatic heterocycles. The van der Waals surface area contributed by atoms with Crippen molar-refractivity contribution in [1.82, 2.24) is 0 Å². The van der Waals surface area contributed by atoms with E-state index in [0.29, 0.717) is 35.8 Å². The summed E-state index contributed by atoms with van der Waals surface area (Å²) in [5.74, 6) is 1.41. The molecular weight excluding hydrogens is 639 g/mol. The summed E-state index contributed by atoms with van der Waals surface area (Å²) in [5.41, 5.74) is 10.7. The summed E-state index contributed by atoms with van der Waals surface area (Å²) in [6.07, 6.45) is 28.1. The Bertz CT molecular complexity index is 1860. The molecule has 0 radical (unpaired) electrons. The number of unbranched alkanes of at least 4 members (excludes halogenated alkanes) is 3. The van der Waals surface area contributed by atoms with Crippen LogP contribution in [-0.4, -0.2) is 22.7 Å². The van der Waals surface area contributed by atoms with Crippen LogP contribution in [0.5, 0.6) is 5.75 Å². The van der Waals surface area contributed by atoms with E-state index in [1.165, 1.54) is 72.1 Å². The molecule has 2 bridgehead atoms. The first kappa shape index (κ1) is 36.5. The Labute approximate surface area is 311 Å². The van der Waals surface area contributed by atoms with Crippen molar-refractivity contribution in [2.45, 2.75) is 108 Å². The summed E-state index contributed by atoms with van der Waals surface area (Å²) in [7, 11) is 0. The predicted octanol–water partition coefficient (Wildman–Crippen LogP) is 9.34. The molecule has 1 fully saturated rings. The molecule has 0 saturated heterocycles. The standard InChI is InChI=1S/C48H59NO3/c49-27-25-35-19-18-34(28-35)10-3-1-2-4-12-37-13-7-8-17-46(47(51)52)48(26-24-41-31-39-14-5-6-15-40(39)32-42(41)33-48)43-16-9-11-36(29-43)30-45(37)38-20-22-44(50)23-21-38/h5-9,11,14-16,20-23,28-29,31-32,34,37,41-42,45-46,50H,1-4,10,12-13,17-19,24-27,30,33,49H2,(H,51,52)/b8-7+/t34-,37-,41+,42+,45+,46-,48+/m0/s1. The lowest BCUT2D eigenvalue weighted by molar-refractivity contribution is -0.145. The minimum atomic E-state index is -0.673. The van der Waals surface area contributed by atoms with Crippen molar-refractivity contribution in [1.29, 1.82) is 0 Å². The average Bonchev–Trinajstić information content (AvgIpc) is 3.60. The zero-order valence-electron chi connectivity index (χ0n) is 31.0. The van der Waals surface area contributed by atoms with E-state index in [9.17, 15) is 15.0 Å². The second-order valence-electron chi connectivity index (χ2n) is 16.5. The number of phenols is 1. The van der Waals surface area contributed by atoms with Crippen LogP contribution in [0.15, 0.2) is 96.6 Å². The molecule has 4 nitrogen and oxygen atoms in total. The molecule has 4 aliphatic carbocycles. The molecule has 7 atom stereocenters. The summed E-state index contributed by atoms with van der Waals surface area (Å²) >= 11 is 0. The van der Waals surface area contributed by atoms with E-state index < -0.39 is 17.3 Å². The highest BCUT2D eigenvalue weighted by atomic mass is 16.4. The maximum atomic E-state index is 13.3. The first-order valence-corrected chi connectivity index (χ1v) is 20.4. The van der Waals surface area contributed by atoms with Gasteiger partial charge in [0.25, 0.3) is 0 Å². The van der Waals surface area contributed by atoms with Crippen molar-refractivity contribution < 1.29 is 15.0 Å². The number of carboxylic acid groups (broad SMARTS) is 1. The molecular formula is C48H59NO3. The molecule has 4 N–H and O–H groups in total. The van der Waals surface area contributed by atoms with Crippen LogP contribution in [0.2, 0.25) is 0 Å². The minimum Gasteiger partial charge on any atom is -0.508 e. The van der Waals surface area contributed by atoms with Gasteiger partial charge in [-0.3, -0.25) is 4.79 Å². The fourth-order valence-electron chi connectivity index (χ4n) is 10.5. The topological polar surface area (TPSA) is 83.6 Å². The molecule has 1 spiro atoms. The highest BCUT2D eigenvalue weighted by molar-refractivity contribution is 5.73. The molecule has 0 aliphatic heterocycles. The lowest BCUT2D eigenvalue weighted by atomic mass is 9.55. The maximum absolute atomic E-state index is 13.3. The van der Waals surface area contributed by atoms with E-state index in [1.807, 2.05) is 12.1 Å². The summed E-state index contributed by atoms with van der Waals surface area (Å²) in [6, 6.07) is 25.6. The first-order valence-electron chi connectivity index (χ1n) is 20.4. The number of rotatable bonds is 11. The third-order valence-electron chi connectivity index (χ3n) is 13.3. The fourth-order valence-corrected chi connectivity index (χ4v) is 10.5. The van der Waals surface area contributed by atoms with Gasteiger partial charge >= 0.3 is 5.97 Å². The van der Waals surface area contributed by atoms with Crippen LogP contribution in [0, 0.1) is 29.6 Å². The molecule has 0 heterocycles. The number of hydrogen-bond donors (Lipinski definition) is 3. The average molecular weight is 698 g/mol. The molecule has 52 heavy (non-hydrogen) atoms. The minimum absolute atomic E-state index is 0.305. The van der Waals surface area contributed by atoms with Gasteiger partial charge in [0.15, 0.2) is 0 Å². The molecule has 0 unspecified atom stereocenters. The van der Waals surface area contributed by atoms with Crippen LogP contribution >= 0.6 is 0 Å². The van der Waals surface area contributed by atoms with Gasteiger partial charge < -0.3 is 15.9 Å². The Balaban J connectivity index is 1.13. The third kappa shape index (κ3) is 8.33. The van der Waals surface area contributed by atoms with Crippen LogP contribution in [-0.2, 0) is 16.6 Å². The van der Waals surface area contributed by atoms with Crippen molar-refractivity contribution in [2.24, 2.45) is 35.3 Å². The summed E-state index contributed by atoms with van der Waals surface area (Å²) in [5, 5.41) is 23.7. The van der Waals surface area contributed by atoms with E-state index in [2.05, 4.69) is 91.0 Å². The van der Waals surface area contributed by atoms with E-state index >= 15 is 0 Å². The maximum Gasteiger partial charge on any atom is 0.307 e. The van der Waals surface area contributed by atoms with Gasteiger partial charge in [-0.1, -0.05) is 122 Å². The number of carbonyl (C=O) groups is 1. The first-order chi connectivity index (χ1) is 25.4. The second kappa shape index (κ2) is 16.8. The van der Waals surface area contributed by atoms with Gasteiger partial charge in [-0.05, 0) is 146 Å². The van der Waals surface area contributed by atoms with Crippen molar-refractivity contribution >= 4 is 18.1 Å². The lowest BCUT2D eigenvalue weighted by Gasteiger charge is -2.48. The van der Waals surface area contributed by atoms with E-state index in [0.717, 1.165) is 57.4 Å². The molecule has 0 amide bonds. The van der Waals surface area contributed by atoms with Gasteiger partial charge in [-0.25, -0.2) is 0 Å². The van der Waals surface area contributed by atoms with Crippen molar-refractivity contribution in [2.75, 3.05) is 6.54 Å². The quantitative estimate of drug-likeness (QED) is 0.138. The number of benzene rings is 3. The predicted molar refractivity (Wildman–Crippen MR) is 213 cm³/mol. The van der Waals surface area contributed by atoms with Crippen LogP contribution in [0.25, 0.3) is 12.2 Å². The third-order valence-corrected chi connectivity index (χ3v) is 13.3. The Morgan fingerprint density at radius 2 is 1.56 bits per heavy atom. The lowest BCUT2D eigenvalue weighted by Crippen LogP contribution is -2.47. The smallest absolute Gasteiger partial charge is 0.307 e. The van der Waals surface area contributed by atoms with Gasteiger partial charge in [-0.15, -0.1) is 0 Å². The Kier molecular flexibility index (Phi) is 11.8. The monoisotopic (exact) mass is 697 g/mol. The number of aliphatic carboxylic acids is 1. The van der Waals surface area contributed by atoms with E-state index in [-0.39, 0.29) is 0 Å². The zero-order chi connectivity index (χ0) is 35.9. The molecule has 3 aromatic rings. The number of fused-ring (bicyclic) bond motifs is 5. The Morgan fingerprint density at radius 1 is 0.808 bits per heavy atom. The molecule has 4 aliphatic rings. The Hall–Kier alpha value is -3.89. The van der Waals surface area contributed by atoms with Gasteiger partial charge in [-0.2, -0.15) is 0 Å². The van der Waals surface area contributed by atoms with Crippen molar-refractivity contribution in [3.63, 3.8) is 0 Å². The zero-order valence-corrected chi connectivity index (χ0v) is 31.0. The molecule has 274 valence electrons. The van der Waals surface area contributed by atoms with E-state index in [4.69, 9.17) is 5.73 Å². The highest BCUT2D eigenvalue weighted by Crippen LogP contribution is 2.52. The normalized spacial score (nSPS) is 29.0. The number of nitrogens with two attached hydrogens (primary N) is 1. The SMILES string of the molecule is NCCC1=C[C@@H](CCCCCC[C@H]2C/C=C/C[C@@H](C(=O)O)[C@@]3(CC[C@@H]4C=c5ccccc5=C[C@@H]4C3)c3cccc(c3)C[C@H]2c2ccc(O)cc2)CC1. The van der Waals surface area contributed by atoms with Gasteiger partial charge in [0.1, 0.15) is 5.75 Å². The number of carboxylic acids is 1. The van der Waals surface area contributed by atoms with Gasteiger partial charge in [0.2, 0.25) is 0 Å². The highest BCUT2D eigenvalue weighted by Gasteiger charge is 2.49. The number of aromatic hydroxyl groups is 1. The van der Waals surface area contributed by atoms with Crippen molar-refractivity contribution in [3.05, 3.63) is 124 Å². The van der Waals surface area contributed by atoms with Crippen LogP contribution < -0.4 is 16.2 Å². The van der Waals surface area contributed by atoms with Gasteiger partial charge in [0.05, 0.1) is 5.92 Å². The number of allylic oxidation sites excluding steroid dienone is 3. The fraction of sp³-hybridized carbons (Fsp3) is 0.479. The summed E-state index contributed by atoms with van der Waals surface area (Å²) < 4.78 is 0. The van der Waals surface area contributed by atoms with Crippen LogP contribution in [0.3, 0.4) is 0 Å². The molecule has 3 aromatic carbocycles. The van der Waals surface area contributed by atoms with Crippen LogP contribution in [0.4, 0.5) is 0 Å². The largest absolute Gasteiger partial charge is 0.508 e. The number of hydrogen-bond acceptors (Lipinski definition) is 3. The number of phenolic OH excluding ortho intramolecular Hbond substituents is 1. The second-order valence-corrected chi connectivity index (χ2v) is 16.5. The van der Waals surface area contributed by atoms with E-state index in [1.54, 1.807) is 5.57 Å².